The Bertz CT molecular complexity index is 1980. The SMILES string of the molecule is CCOc1ccc(CCc2ccc(OCCCCC(CCCCOc3ccc(CCc4ccc(C)c(F)c4F)c(F)c3F)C(F)=C(F)F)c(F)c2F)c(F)c1F. The van der Waals surface area contributed by atoms with Gasteiger partial charge in [0.25, 0.3) is 0 Å². The molecule has 304 valence electrons. The van der Waals surface area contributed by atoms with E-state index < -0.39 is 75.9 Å². The van der Waals surface area contributed by atoms with Gasteiger partial charge in [-0.25, -0.2) is 26.3 Å². The Morgan fingerprint density at radius 1 is 0.464 bits per heavy atom. The van der Waals surface area contributed by atoms with Crippen LogP contribution >= 0.6 is 0 Å². The third-order valence-electron chi connectivity index (χ3n) is 9.31. The monoisotopic (exact) mass is 802 g/mol. The average Bonchev–Trinajstić information content (AvgIpc) is 3.18. The Balaban J connectivity index is 1.20. The van der Waals surface area contributed by atoms with Gasteiger partial charge >= 0.3 is 6.08 Å². The van der Waals surface area contributed by atoms with Crippen molar-refractivity contribution < 1.29 is 62.5 Å². The maximum atomic E-state index is 14.8. The quantitative estimate of drug-likeness (QED) is 0.0620. The van der Waals surface area contributed by atoms with Crippen LogP contribution in [0.4, 0.5) is 48.3 Å². The summed E-state index contributed by atoms with van der Waals surface area (Å²) in [5.41, 5.74) is -0.0704. The van der Waals surface area contributed by atoms with Crippen LogP contribution in [0.1, 0.15) is 73.3 Å². The van der Waals surface area contributed by atoms with Gasteiger partial charge < -0.3 is 14.2 Å². The second-order valence-corrected chi connectivity index (χ2v) is 13.1. The highest BCUT2D eigenvalue weighted by Gasteiger charge is 2.22. The van der Waals surface area contributed by atoms with Crippen LogP contribution < -0.4 is 14.2 Å². The number of hydrogen-bond donors (Lipinski definition) is 0. The molecule has 4 aromatic rings. The van der Waals surface area contributed by atoms with E-state index in [4.69, 9.17) is 14.2 Å². The molecule has 56 heavy (non-hydrogen) atoms. The number of aryl methyl sites for hydroxylation is 5. The fraction of sp³-hybridized carbons (Fsp3) is 0.381. The average molecular weight is 803 g/mol. The summed E-state index contributed by atoms with van der Waals surface area (Å²) in [6, 6.07) is 10.2. The van der Waals surface area contributed by atoms with Crippen LogP contribution in [0.5, 0.6) is 17.2 Å². The van der Waals surface area contributed by atoms with Gasteiger partial charge in [0.05, 0.1) is 19.8 Å². The van der Waals surface area contributed by atoms with Crippen LogP contribution in [0.2, 0.25) is 0 Å². The smallest absolute Gasteiger partial charge is 0.301 e. The highest BCUT2D eigenvalue weighted by Crippen LogP contribution is 2.31. The van der Waals surface area contributed by atoms with Gasteiger partial charge in [0, 0.05) is 5.92 Å². The first-order valence-electron chi connectivity index (χ1n) is 18.2. The van der Waals surface area contributed by atoms with Crippen LogP contribution in [0.25, 0.3) is 0 Å². The highest BCUT2D eigenvalue weighted by atomic mass is 19.3. The van der Waals surface area contributed by atoms with E-state index in [-0.39, 0.29) is 118 Å². The van der Waals surface area contributed by atoms with Crippen molar-refractivity contribution >= 4 is 0 Å². The molecule has 0 aliphatic carbocycles. The fourth-order valence-electron chi connectivity index (χ4n) is 6.10. The standard InChI is InChI=1S/C42H41F11O3/c1-3-54-30-19-16-27(35(45)39(30)49)14-15-29-18-21-32(41(51)37(29)47)56-23-7-5-9-25(38(48)42(52)53)8-4-6-22-55-31-20-17-28(36(46)40(31)50)13-12-26-11-10-24(2)33(43)34(26)44/h10-11,16-21,25H,3-9,12-15,22-23H2,1-2H3. The molecule has 0 bridgehead atoms. The van der Waals surface area contributed by atoms with Crippen LogP contribution in [0.3, 0.4) is 0 Å². The Hall–Kier alpha value is -4.75. The lowest BCUT2D eigenvalue weighted by atomic mass is 9.95. The van der Waals surface area contributed by atoms with Gasteiger partial charge in [-0.2, -0.15) is 22.0 Å². The minimum absolute atomic E-state index is 0.0165. The summed E-state index contributed by atoms with van der Waals surface area (Å²) < 4.78 is 172. The zero-order valence-corrected chi connectivity index (χ0v) is 30.8. The molecule has 0 aliphatic rings. The maximum Gasteiger partial charge on any atom is 0.301 e. The Labute approximate surface area is 318 Å². The van der Waals surface area contributed by atoms with Gasteiger partial charge in [0.2, 0.25) is 17.5 Å². The molecule has 0 heterocycles. The van der Waals surface area contributed by atoms with E-state index in [9.17, 15) is 48.3 Å². The minimum Gasteiger partial charge on any atom is -0.491 e. The van der Waals surface area contributed by atoms with E-state index in [1.54, 1.807) is 6.92 Å². The molecule has 0 aromatic heterocycles. The molecule has 4 aromatic carbocycles. The second-order valence-electron chi connectivity index (χ2n) is 13.1. The molecular weight excluding hydrogens is 761 g/mol. The van der Waals surface area contributed by atoms with Crippen molar-refractivity contribution in [3.63, 3.8) is 0 Å². The molecule has 3 nitrogen and oxygen atoms in total. The molecule has 1 atom stereocenters. The molecule has 0 aliphatic heterocycles. The number of halogens is 11. The summed E-state index contributed by atoms with van der Waals surface area (Å²) in [6.07, 6.45) is -2.20. The third kappa shape index (κ3) is 11.4. The number of rotatable bonds is 21. The summed E-state index contributed by atoms with van der Waals surface area (Å²) in [5.74, 6) is -13.2. The fourth-order valence-corrected chi connectivity index (χ4v) is 6.10. The number of benzene rings is 4. The zero-order valence-electron chi connectivity index (χ0n) is 30.8. The Morgan fingerprint density at radius 2 is 0.821 bits per heavy atom. The number of unbranched alkanes of at least 4 members (excludes halogenated alkanes) is 2. The van der Waals surface area contributed by atoms with Crippen molar-refractivity contribution in [2.75, 3.05) is 19.8 Å². The summed E-state index contributed by atoms with van der Waals surface area (Å²) >= 11 is 0. The molecule has 0 fully saturated rings. The summed E-state index contributed by atoms with van der Waals surface area (Å²) in [5, 5.41) is 0. The largest absolute Gasteiger partial charge is 0.491 e. The van der Waals surface area contributed by atoms with Crippen molar-refractivity contribution in [3.05, 3.63) is 135 Å². The zero-order chi connectivity index (χ0) is 40.9. The van der Waals surface area contributed by atoms with E-state index in [1.807, 2.05) is 0 Å². The molecule has 4 rings (SSSR count). The number of ether oxygens (including phenoxy) is 3. The van der Waals surface area contributed by atoms with Crippen LogP contribution in [0.15, 0.2) is 60.4 Å². The van der Waals surface area contributed by atoms with Crippen molar-refractivity contribution in [1.29, 1.82) is 0 Å². The van der Waals surface area contributed by atoms with Crippen LogP contribution in [0, 0.1) is 59.4 Å². The molecule has 14 heteroatoms. The summed E-state index contributed by atoms with van der Waals surface area (Å²) in [7, 11) is 0. The molecule has 1 unspecified atom stereocenters. The van der Waals surface area contributed by atoms with Gasteiger partial charge in [0.15, 0.2) is 52.2 Å². The molecule has 0 spiro atoms. The predicted octanol–water partition coefficient (Wildman–Crippen LogP) is 12.6. The molecule has 0 saturated heterocycles. The number of hydrogen-bond acceptors (Lipinski definition) is 3. The molecule has 0 amide bonds. The third-order valence-corrected chi connectivity index (χ3v) is 9.31. The first-order valence-corrected chi connectivity index (χ1v) is 18.2. The maximum absolute atomic E-state index is 14.8. The van der Waals surface area contributed by atoms with Gasteiger partial charge in [-0.3, -0.25) is 0 Å². The first-order chi connectivity index (χ1) is 26.7. The van der Waals surface area contributed by atoms with E-state index in [0.717, 1.165) is 0 Å². The van der Waals surface area contributed by atoms with E-state index in [1.165, 1.54) is 55.5 Å². The van der Waals surface area contributed by atoms with Crippen molar-refractivity contribution in [1.82, 2.24) is 0 Å². The second kappa shape index (κ2) is 21.0. The molecular formula is C42H41F11O3. The van der Waals surface area contributed by atoms with Crippen molar-refractivity contribution in [3.8, 4) is 17.2 Å². The van der Waals surface area contributed by atoms with Gasteiger partial charge in [0.1, 0.15) is 0 Å². The Morgan fingerprint density at radius 3 is 1.20 bits per heavy atom. The van der Waals surface area contributed by atoms with Crippen molar-refractivity contribution in [2.24, 2.45) is 5.92 Å². The molecule has 0 N–H and O–H groups in total. The lowest BCUT2D eigenvalue weighted by molar-refractivity contribution is 0.264. The van der Waals surface area contributed by atoms with Gasteiger partial charge in [-0.1, -0.05) is 30.3 Å². The van der Waals surface area contributed by atoms with Crippen LogP contribution in [-0.4, -0.2) is 19.8 Å². The summed E-state index contributed by atoms with van der Waals surface area (Å²) in [6.45, 7) is 2.87. The Kier molecular flexibility index (Phi) is 16.5. The molecule has 0 saturated carbocycles. The van der Waals surface area contributed by atoms with Crippen LogP contribution in [-0.2, 0) is 25.7 Å². The first kappa shape index (κ1) is 44.0. The predicted molar refractivity (Wildman–Crippen MR) is 189 cm³/mol. The highest BCUT2D eigenvalue weighted by molar-refractivity contribution is 5.35. The lowest BCUT2D eigenvalue weighted by Crippen LogP contribution is -2.08. The molecule has 0 radical (unpaired) electrons. The van der Waals surface area contributed by atoms with E-state index >= 15 is 0 Å². The number of allylic oxidation sites excluding steroid dienone is 1. The topological polar surface area (TPSA) is 27.7 Å². The van der Waals surface area contributed by atoms with E-state index in [0.29, 0.717) is 0 Å². The normalized spacial score (nSPS) is 11.8. The van der Waals surface area contributed by atoms with Crippen molar-refractivity contribution in [2.45, 2.75) is 78.1 Å². The van der Waals surface area contributed by atoms with Gasteiger partial charge in [-0.15, -0.1) is 0 Å². The minimum atomic E-state index is -2.47. The van der Waals surface area contributed by atoms with Gasteiger partial charge in [-0.05, 0) is 124 Å². The van der Waals surface area contributed by atoms with E-state index in [2.05, 4.69) is 0 Å². The summed E-state index contributed by atoms with van der Waals surface area (Å²) in [4.78, 5) is 0. The lowest BCUT2D eigenvalue weighted by Gasteiger charge is -2.15.